The van der Waals surface area contributed by atoms with Crippen LogP contribution < -0.4 is 20.5 Å². The maximum atomic E-state index is 6.16. The molecule has 2 rings (SSSR count). The number of nitrogen functional groups attached to an aromatic ring is 1. The Kier molecular flexibility index (Phi) is 4.57. The first-order valence-electron chi connectivity index (χ1n) is 6.91. The summed E-state index contributed by atoms with van der Waals surface area (Å²) in [6.07, 6.45) is 1.88. The molecule has 0 aliphatic heterocycles. The van der Waals surface area contributed by atoms with Gasteiger partial charge in [-0.05, 0) is 18.6 Å². The van der Waals surface area contributed by atoms with Crippen LogP contribution in [0.15, 0.2) is 18.2 Å². The normalized spacial score (nSPS) is 10.5. The van der Waals surface area contributed by atoms with Gasteiger partial charge in [-0.3, -0.25) is 4.68 Å². The molecule has 0 spiro atoms. The van der Waals surface area contributed by atoms with E-state index in [1.165, 1.54) is 0 Å². The predicted octanol–water partition coefficient (Wildman–Crippen LogP) is 2.72. The van der Waals surface area contributed by atoms with Crippen LogP contribution in [0.25, 0.3) is 0 Å². The minimum atomic E-state index is 0.664. The second-order valence-corrected chi connectivity index (χ2v) is 4.78. The molecule has 0 unspecified atom stereocenters. The zero-order valence-electron chi connectivity index (χ0n) is 12.9. The van der Waals surface area contributed by atoms with Gasteiger partial charge in [0, 0.05) is 18.8 Å². The number of nitrogens with zero attached hydrogens (tertiary/aromatic N) is 2. The first-order valence-corrected chi connectivity index (χ1v) is 6.91. The molecular formula is C15H22N4O2. The van der Waals surface area contributed by atoms with Gasteiger partial charge in [0.15, 0.2) is 17.3 Å². The van der Waals surface area contributed by atoms with E-state index < -0.39 is 0 Å². The molecule has 1 aromatic heterocycles. The van der Waals surface area contributed by atoms with Crippen LogP contribution in [-0.2, 0) is 13.5 Å². The number of ether oxygens (including phenoxy) is 2. The van der Waals surface area contributed by atoms with E-state index in [1.807, 2.05) is 25.2 Å². The van der Waals surface area contributed by atoms with Crippen molar-refractivity contribution in [3.63, 3.8) is 0 Å². The highest BCUT2D eigenvalue weighted by atomic mass is 16.5. The van der Waals surface area contributed by atoms with Gasteiger partial charge in [0.1, 0.15) is 0 Å². The number of nitrogens with two attached hydrogens (primary N) is 1. The summed E-state index contributed by atoms with van der Waals surface area (Å²) in [4.78, 5) is 0. The predicted molar refractivity (Wildman–Crippen MR) is 84.4 cm³/mol. The SMILES string of the molecule is CCCc1nn(C)c(Nc2ccc(OC)c(OC)c2)c1N. The number of aryl methyl sites for hydroxylation is 2. The Bertz CT molecular complexity index is 622. The van der Waals surface area contributed by atoms with Crippen molar-refractivity contribution in [1.82, 2.24) is 9.78 Å². The lowest BCUT2D eigenvalue weighted by atomic mass is 10.2. The van der Waals surface area contributed by atoms with Crippen LogP contribution in [0.5, 0.6) is 11.5 Å². The highest BCUT2D eigenvalue weighted by Crippen LogP contribution is 2.33. The third kappa shape index (κ3) is 3.04. The molecule has 21 heavy (non-hydrogen) atoms. The molecule has 0 bridgehead atoms. The van der Waals surface area contributed by atoms with Crippen molar-refractivity contribution >= 4 is 17.2 Å². The summed E-state index contributed by atoms with van der Waals surface area (Å²) < 4.78 is 12.3. The van der Waals surface area contributed by atoms with E-state index in [0.29, 0.717) is 17.2 Å². The maximum Gasteiger partial charge on any atom is 0.162 e. The molecule has 0 aliphatic carbocycles. The summed E-state index contributed by atoms with van der Waals surface area (Å²) in [5, 5.41) is 7.73. The van der Waals surface area contributed by atoms with E-state index >= 15 is 0 Å². The molecule has 0 aliphatic rings. The van der Waals surface area contributed by atoms with Gasteiger partial charge in [-0.15, -0.1) is 0 Å². The number of aromatic nitrogens is 2. The summed E-state index contributed by atoms with van der Waals surface area (Å²) in [5.74, 6) is 2.13. The van der Waals surface area contributed by atoms with Crippen molar-refractivity contribution in [2.24, 2.45) is 7.05 Å². The maximum absolute atomic E-state index is 6.16. The van der Waals surface area contributed by atoms with Crippen molar-refractivity contribution in [3.05, 3.63) is 23.9 Å². The van der Waals surface area contributed by atoms with Crippen LogP contribution in [-0.4, -0.2) is 24.0 Å². The Hall–Kier alpha value is -2.37. The molecule has 0 amide bonds. The second-order valence-electron chi connectivity index (χ2n) is 4.78. The van der Waals surface area contributed by atoms with Gasteiger partial charge in [-0.2, -0.15) is 5.10 Å². The molecule has 2 aromatic rings. The number of anilines is 3. The number of nitrogens with one attached hydrogen (secondary N) is 1. The lowest BCUT2D eigenvalue weighted by molar-refractivity contribution is 0.355. The average molecular weight is 290 g/mol. The molecule has 6 nitrogen and oxygen atoms in total. The number of rotatable bonds is 6. The van der Waals surface area contributed by atoms with Gasteiger partial charge in [0.2, 0.25) is 0 Å². The zero-order chi connectivity index (χ0) is 15.4. The van der Waals surface area contributed by atoms with E-state index in [9.17, 15) is 0 Å². The van der Waals surface area contributed by atoms with E-state index in [1.54, 1.807) is 18.9 Å². The fraction of sp³-hybridized carbons (Fsp3) is 0.400. The number of benzene rings is 1. The van der Waals surface area contributed by atoms with Gasteiger partial charge >= 0.3 is 0 Å². The molecule has 0 radical (unpaired) electrons. The number of hydrogen-bond donors (Lipinski definition) is 2. The van der Waals surface area contributed by atoms with Gasteiger partial charge in [0.25, 0.3) is 0 Å². The quantitative estimate of drug-likeness (QED) is 0.855. The topological polar surface area (TPSA) is 74.3 Å². The minimum Gasteiger partial charge on any atom is -0.493 e. The van der Waals surface area contributed by atoms with Crippen molar-refractivity contribution in [2.45, 2.75) is 19.8 Å². The number of methoxy groups -OCH3 is 2. The molecule has 0 atom stereocenters. The number of hydrogen-bond acceptors (Lipinski definition) is 5. The third-order valence-electron chi connectivity index (χ3n) is 3.29. The second kappa shape index (κ2) is 6.39. The Balaban J connectivity index is 2.30. The Morgan fingerprint density at radius 2 is 1.95 bits per heavy atom. The van der Waals surface area contributed by atoms with Gasteiger partial charge in [-0.25, -0.2) is 0 Å². The van der Waals surface area contributed by atoms with Gasteiger partial charge < -0.3 is 20.5 Å². The van der Waals surface area contributed by atoms with Crippen molar-refractivity contribution in [3.8, 4) is 11.5 Å². The Labute approximate surface area is 124 Å². The monoisotopic (exact) mass is 290 g/mol. The summed E-state index contributed by atoms with van der Waals surface area (Å²) in [7, 11) is 5.10. The summed E-state index contributed by atoms with van der Waals surface area (Å²) >= 11 is 0. The van der Waals surface area contributed by atoms with Crippen LogP contribution >= 0.6 is 0 Å². The van der Waals surface area contributed by atoms with Crippen LogP contribution in [0.2, 0.25) is 0 Å². The van der Waals surface area contributed by atoms with Crippen molar-refractivity contribution < 1.29 is 9.47 Å². The molecule has 114 valence electrons. The Morgan fingerprint density at radius 1 is 1.24 bits per heavy atom. The van der Waals surface area contributed by atoms with Gasteiger partial charge in [-0.1, -0.05) is 13.3 Å². The summed E-state index contributed by atoms with van der Waals surface area (Å²) in [6.45, 7) is 2.11. The molecule has 0 saturated heterocycles. The van der Waals surface area contributed by atoms with E-state index in [4.69, 9.17) is 15.2 Å². The lowest BCUT2D eigenvalue weighted by Gasteiger charge is -2.12. The van der Waals surface area contributed by atoms with Crippen LogP contribution in [0.4, 0.5) is 17.2 Å². The molecule has 0 fully saturated rings. The molecular weight excluding hydrogens is 268 g/mol. The Morgan fingerprint density at radius 3 is 2.57 bits per heavy atom. The first kappa shape index (κ1) is 15.0. The smallest absolute Gasteiger partial charge is 0.162 e. The van der Waals surface area contributed by atoms with E-state index in [0.717, 1.165) is 30.0 Å². The molecule has 1 heterocycles. The van der Waals surface area contributed by atoms with Crippen molar-refractivity contribution in [1.29, 1.82) is 0 Å². The van der Waals surface area contributed by atoms with Crippen LogP contribution in [0.1, 0.15) is 19.0 Å². The van der Waals surface area contributed by atoms with Crippen LogP contribution in [0.3, 0.4) is 0 Å². The van der Waals surface area contributed by atoms with Crippen LogP contribution in [0, 0.1) is 0 Å². The lowest BCUT2D eigenvalue weighted by Crippen LogP contribution is -2.02. The molecule has 6 heteroatoms. The van der Waals surface area contributed by atoms with E-state index in [2.05, 4.69) is 17.3 Å². The highest BCUT2D eigenvalue weighted by molar-refractivity contribution is 5.72. The largest absolute Gasteiger partial charge is 0.493 e. The zero-order valence-corrected chi connectivity index (χ0v) is 12.9. The highest BCUT2D eigenvalue weighted by Gasteiger charge is 2.13. The molecule has 1 aromatic carbocycles. The molecule has 3 N–H and O–H groups in total. The van der Waals surface area contributed by atoms with Crippen molar-refractivity contribution in [2.75, 3.05) is 25.3 Å². The summed E-state index contributed by atoms with van der Waals surface area (Å²) in [5.41, 5.74) is 8.64. The third-order valence-corrected chi connectivity index (χ3v) is 3.29. The average Bonchev–Trinajstić information content (AvgIpc) is 2.75. The minimum absolute atomic E-state index is 0.664. The fourth-order valence-corrected chi connectivity index (χ4v) is 2.22. The van der Waals surface area contributed by atoms with Gasteiger partial charge in [0.05, 0.1) is 25.6 Å². The fourth-order valence-electron chi connectivity index (χ4n) is 2.22. The van der Waals surface area contributed by atoms with E-state index in [-0.39, 0.29) is 0 Å². The first-order chi connectivity index (χ1) is 10.1. The molecule has 0 saturated carbocycles. The standard InChI is InChI=1S/C15H22N4O2/c1-5-6-11-14(16)15(19(2)18-11)17-10-7-8-12(20-3)13(9-10)21-4/h7-9,17H,5-6,16H2,1-4H3. The summed E-state index contributed by atoms with van der Waals surface area (Å²) in [6, 6.07) is 5.62.